The Morgan fingerprint density at radius 2 is 1.93 bits per heavy atom. The van der Waals surface area contributed by atoms with Gasteiger partial charge in [-0.15, -0.1) is 4.91 Å². The molecule has 0 aliphatic rings. The van der Waals surface area contributed by atoms with E-state index < -0.39 is 5.78 Å². The first-order chi connectivity index (χ1) is 6.77. The highest BCUT2D eigenvalue weighted by Gasteiger charge is 2.04. The molecule has 0 bridgehead atoms. The Morgan fingerprint density at radius 1 is 1.29 bits per heavy atom. The lowest BCUT2D eigenvalue weighted by atomic mass is 10.1. The SMILES string of the molecule is C=CC(=O)C(=Cc1ccccc1)N=O. The molecule has 0 atom stereocenters. The first-order valence-corrected chi connectivity index (χ1v) is 4.05. The summed E-state index contributed by atoms with van der Waals surface area (Å²) in [6.07, 6.45) is 2.49. The van der Waals surface area contributed by atoms with Crippen LogP contribution in [0.25, 0.3) is 6.08 Å². The topological polar surface area (TPSA) is 46.5 Å². The zero-order valence-electron chi connectivity index (χ0n) is 7.51. The summed E-state index contributed by atoms with van der Waals surface area (Å²) in [6.45, 7) is 3.28. The van der Waals surface area contributed by atoms with Crippen molar-refractivity contribution in [3.63, 3.8) is 0 Å². The van der Waals surface area contributed by atoms with Gasteiger partial charge in [0.1, 0.15) is 0 Å². The molecular weight excluding hydrogens is 178 g/mol. The third-order valence-electron chi connectivity index (χ3n) is 1.64. The number of benzene rings is 1. The molecule has 0 saturated carbocycles. The molecule has 0 amide bonds. The maximum absolute atomic E-state index is 11.1. The van der Waals surface area contributed by atoms with Crippen LogP contribution in [0.2, 0.25) is 0 Å². The first kappa shape index (κ1) is 10.1. The molecule has 0 aromatic heterocycles. The van der Waals surface area contributed by atoms with Crippen LogP contribution in [0, 0.1) is 4.91 Å². The van der Waals surface area contributed by atoms with Crippen LogP contribution in [0.15, 0.2) is 53.9 Å². The van der Waals surface area contributed by atoms with E-state index in [1.54, 1.807) is 12.1 Å². The van der Waals surface area contributed by atoms with Crippen LogP contribution in [0.1, 0.15) is 5.56 Å². The number of ketones is 1. The molecule has 3 nitrogen and oxygen atoms in total. The monoisotopic (exact) mass is 187 g/mol. The van der Waals surface area contributed by atoms with E-state index in [0.717, 1.165) is 11.6 Å². The highest BCUT2D eigenvalue weighted by atomic mass is 16.3. The number of carbonyl (C=O) groups excluding carboxylic acids is 1. The van der Waals surface area contributed by atoms with E-state index in [1.807, 2.05) is 18.2 Å². The van der Waals surface area contributed by atoms with E-state index in [2.05, 4.69) is 11.8 Å². The Hall–Kier alpha value is -2.03. The van der Waals surface area contributed by atoms with Crippen LogP contribution in [0.5, 0.6) is 0 Å². The van der Waals surface area contributed by atoms with Gasteiger partial charge < -0.3 is 0 Å². The second kappa shape index (κ2) is 4.87. The highest BCUT2D eigenvalue weighted by Crippen LogP contribution is 2.08. The molecule has 0 spiro atoms. The van der Waals surface area contributed by atoms with Gasteiger partial charge in [-0.05, 0) is 22.9 Å². The zero-order chi connectivity index (χ0) is 10.4. The molecule has 0 heterocycles. The van der Waals surface area contributed by atoms with Crippen molar-refractivity contribution >= 4 is 11.9 Å². The van der Waals surface area contributed by atoms with Crippen molar-refractivity contribution in [1.82, 2.24) is 0 Å². The summed E-state index contributed by atoms with van der Waals surface area (Å²) >= 11 is 0. The Kier molecular flexibility index (Phi) is 3.49. The molecule has 1 rings (SSSR count). The minimum absolute atomic E-state index is 0.133. The van der Waals surface area contributed by atoms with Crippen molar-refractivity contribution in [2.24, 2.45) is 5.18 Å². The Morgan fingerprint density at radius 3 is 2.43 bits per heavy atom. The molecule has 0 aliphatic heterocycles. The van der Waals surface area contributed by atoms with Gasteiger partial charge in [0.15, 0.2) is 5.70 Å². The Labute approximate surface area is 81.7 Å². The molecule has 0 N–H and O–H groups in total. The smallest absolute Gasteiger partial charge is 0.207 e. The van der Waals surface area contributed by atoms with Crippen molar-refractivity contribution in [3.8, 4) is 0 Å². The van der Waals surface area contributed by atoms with Gasteiger partial charge in [0.2, 0.25) is 5.78 Å². The van der Waals surface area contributed by atoms with E-state index in [-0.39, 0.29) is 5.70 Å². The second-order valence-corrected chi connectivity index (χ2v) is 2.60. The van der Waals surface area contributed by atoms with E-state index in [0.29, 0.717) is 0 Å². The summed E-state index contributed by atoms with van der Waals surface area (Å²) in [5.74, 6) is -0.469. The predicted molar refractivity (Wildman–Crippen MR) is 55.4 cm³/mol. The molecule has 1 aromatic rings. The first-order valence-electron chi connectivity index (χ1n) is 4.05. The third kappa shape index (κ3) is 2.48. The molecule has 0 saturated heterocycles. The molecule has 3 heteroatoms. The van der Waals surface area contributed by atoms with Gasteiger partial charge in [-0.2, -0.15) is 0 Å². The van der Waals surface area contributed by atoms with Gasteiger partial charge >= 0.3 is 0 Å². The maximum atomic E-state index is 11.1. The quantitative estimate of drug-likeness (QED) is 0.537. The lowest BCUT2D eigenvalue weighted by Crippen LogP contribution is -1.93. The fraction of sp³-hybridized carbons (Fsp3) is 0. The molecule has 70 valence electrons. The number of hydrogen-bond donors (Lipinski definition) is 0. The average molecular weight is 187 g/mol. The van der Waals surface area contributed by atoms with E-state index in [4.69, 9.17) is 0 Å². The largest absolute Gasteiger partial charge is 0.287 e. The van der Waals surface area contributed by atoms with Crippen molar-refractivity contribution < 1.29 is 4.79 Å². The molecule has 14 heavy (non-hydrogen) atoms. The van der Waals surface area contributed by atoms with E-state index >= 15 is 0 Å². The molecule has 0 aliphatic carbocycles. The zero-order valence-corrected chi connectivity index (χ0v) is 7.51. The average Bonchev–Trinajstić information content (AvgIpc) is 2.26. The molecule has 0 fully saturated rings. The van der Waals surface area contributed by atoms with Crippen LogP contribution in [-0.4, -0.2) is 5.78 Å². The molecule has 1 aromatic carbocycles. The van der Waals surface area contributed by atoms with Crippen molar-refractivity contribution in [3.05, 3.63) is 59.2 Å². The number of rotatable bonds is 4. The fourth-order valence-corrected chi connectivity index (χ4v) is 0.954. The minimum atomic E-state index is -0.469. The normalized spacial score (nSPS) is 10.7. The van der Waals surface area contributed by atoms with Crippen LogP contribution in [-0.2, 0) is 4.79 Å². The standard InChI is InChI=1S/C11H9NO2/c1-2-11(13)10(12-14)8-9-6-4-3-5-7-9/h2-8H,1H2. The van der Waals surface area contributed by atoms with Crippen molar-refractivity contribution in [2.75, 3.05) is 0 Å². The number of hydrogen-bond acceptors (Lipinski definition) is 3. The summed E-state index contributed by atoms with van der Waals surface area (Å²) in [7, 11) is 0. The lowest BCUT2D eigenvalue weighted by molar-refractivity contribution is -0.111. The summed E-state index contributed by atoms with van der Waals surface area (Å²) in [5.41, 5.74) is 0.628. The van der Waals surface area contributed by atoms with E-state index in [9.17, 15) is 9.70 Å². The minimum Gasteiger partial charge on any atom is -0.287 e. The summed E-state index contributed by atoms with van der Waals surface area (Å²) in [5, 5.41) is 2.64. The van der Waals surface area contributed by atoms with Gasteiger partial charge in [-0.3, -0.25) is 4.79 Å². The lowest BCUT2D eigenvalue weighted by Gasteiger charge is -1.93. The number of carbonyl (C=O) groups is 1. The van der Waals surface area contributed by atoms with Gasteiger partial charge in [0.25, 0.3) is 0 Å². The van der Waals surface area contributed by atoms with Crippen LogP contribution in [0.4, 0.5) is 0 Å². The summed E-state index contributed by atoms with van der Waals surface area (Å²) in [6, 6.07) is 9.03. The van der Waals surface area contributed by atoms with Gasteiger partial charge in [0, 0.05) is 0 Å². The fourth-order valence-electron chi connectivity index (χ4n) is 0.954. The molecule has 0 unspecified atom stereocenters. The molecule has 0 radical (unpaired) electrons. The maximum Gasteiger partial charge on any atom is 0.207 e. The van der Waals surface area contributed by atoms with Crippen molar-refractivity contribution in [1.29, 1.82) is 0 Å². The van der Waals surface area contributed by atoms with Crippen LogP contribution in [0.3, 0.4) is 0 Å². The van der Waals surface area contributed by atoms with Crippen LogP contribution < -0.4 is 0 Å². The predicted octanol–water partition coefficient (Wildman–Crippen LogP) is 2.55. The van der Waals surface area contributed by atoms with Gasteiger partial charge in [-0.1, -0.05) is 36.9 Å². The van der Waals surface area contributed by atoms with Crippen molar-refractivity contribution in [2.45, 2.75) is 0 Å². The Bertz CT molecular complexity index is 380. The van der Waals surface area contributed by atoms with Gasteiger partial charge in [-0.25, -0.2) is 0 Å². The second-order valence-electron chi connectivity index (χ2n) is 2.60. The third-order valence-corrected chi connectivity index (χ3v) is 1.64. The summed E-state index contributed by atoms with van der Waals surface area (Å²) < 4.78 is 0. The number of allylic oxidation sites excluding steroid dienone is 1. The van der Waals surface area contributed by atoms with Crippen LogP contribution >= 0.6 is 0 Å². The summed E-state index contributed by atoms with van der Waals surface area (Å²) in [4.78, 5) is 21.4. The Balaban J connectivity index is 3.01. The van der Waals surface area contributed by atoms with Gasteiger partial charge in [0.05, 0.1) is 0 Å². The number of nitroso groups, excluding NO2 is 1. The molecular formula is C11H9NO2. The van der Waals surface area contributed by atoms with E-state index in [1.165, 1.54) is 6.08 Å². The highest BCUT2D eigenvalue weighted by molar-refractivity contribution is 6.06. The number of nitrogens with zero attached hydrogens (tertiary/aromatic N) is 1.